The number of methoxy groups -OCH3 is 3. The van der Waals surface area contributed by atoms with Gasteiger partial charge in [-0.25, -0.2) is 28.0 Å². The topological polar surface area (TPSA) is 147 Å². The number of halogens is 3. The van der Waals surface area contributed by atoms with E-state index in [0.717, 1.165) is 12.1 Å². The van der Waals surface area contributed by atoms with Crippen molar-refractivity contribution in [2.24, 2.45) is 0 Å². The van der Waals surface area contributed by atoms with Crippen molar-refractivity contribution in [3.8, 4) is 0 Å². The lowest BCUT2D eigenvalue weighted by Gasteiger charge is -2.38. The maximum atomic E-state index is 14.5. The number of carbonyl (C=O) groups is 5. The van der Waals surface area contributed by atoms with Gasteiger partial charge in [-0.15, -0.1) is 0 Å². The molecule has 250 valence electrons. The molecular weight excluding hydrogens is 678 g/mol. The van der Waals surface area contributed by atoms with Crippen LogP contribution < -0.4 is 5.32 Å². The molecule has 2 aromatic rings. The Labute approximate surface area is 272 Å². The van der Waals surface area contributed by atoms with Crippen LogP contribution in [0.5, 0.6) is 0 Å². The van der Waals surface area contributed by atoms with Crippen LogP contribution in [0.15, 0.2) is 24.3 Å². The molecule has 46 heavy (non-hydrogen) atoms. The summed E-state index contributed by atoms with van der Waals surface area (Å²) >= 11 is 3.07. The Balaban J connectivity index is 0.000000289. The maximum Gasteiger partial charge on any atom is 0.407 e. The molecule has 0 saturated carbocycles. The van der Waals surface area contributed by atoms with Crippen LogP contribution in [-0.2, 0) is 35.6 Å². The van der Waals surface area contributed by atoms with Crippen LogP contribution in [0.3, 0.4) is 0 Å². The average molecular weight is 714 g/mol. The predicted molar refractivity (Wildman–Crippen MR) is 162 cm³/mol. The first-order valence-corrected chi connectivity index (χ1v) is 15.1. The highest BCUT2D eigenvalue weighted by molar-refractivity contribution is 9.08. The van der Waals surface area contributed by atoms with E-state index in [1.54, 1.807) is 20.8 Å². The second-order valence-corrected chi connectivity index (χ2v) is 11.8. The minimum Gasteiger partial charge on any atom is -0.465 e. The predicted octanol–water partition coefficient (Wildman–Crippen LogP) is 4.54. The van der Waals surface area contributed by atoms with Gasteiger partial charge in [-0.1, -0.05) is 15.9 Å². The molecule has 2 amide bonds. The van der Waals surface area contributed by atoms with Gasteiger partial charge < -0.3 is 33.9 Å². The number of rotatable bonds is 6. The summed E-state index contributed by atoms with van der Waals surface area (Å²) in [6, 6.07) is 3.78. The van der Waals surface area contributed by atoms with Gasteiger partial charge in [-0.05, 0) is 51.5 Å². The number of alkyl carbamates (subject to hydrolysis) is 1. The Morgan fingerprint density at radius 3 is 2.11 bits per heavy atom. The summed E-state index contributed by atoms with van der Waals surface area (Å²) in [5, 5.41) is 2.94. The zero-order valence-electron chi connectivity index (χ0n) is 26.2. The third-order valence-corrected chi connectivity index (χ3v) is 7.58. The van der Waals surface area contributed by atoms with E-state index in [9.17, 15) is 32.8 Å². The second-order valence-electron chi connectivity index (χ2n) is 11.2. The zero-order valence-corrected chi connectivity index (χ0v) is 27.7. The van der Waals surface area contributed by atoms with Gasteiger partial charge in [0, 0.05) is 28.6 Å². The zero-order chi connectivity index (χ0) is 34.3. The Morgan fingerprint density at radius 1 is 0.957 bits per heavy atom. The minimum atomic E-state index is -0.719. The number of alkyl halides is 1. The van der Waals surface area contributed by atoms with Crippen molar-refractivity contribution in [1.29, 1.82) is 0 Å². The Hall–Kier alpha value is -4.11. The van der Waals surface area contributed by atoms with Crippen LogP contribution in [0.4, 0.5) is 13.6 Å². The fourth-order valence-corrected chi connectivity index (χ4v) is 5.42. The molecule has 4 rings (SSSR count). The number of amides is 2. The first-order chi connectivity index (χ1) is 21.6. The number of hydrogen-bond acceptors (Lipinski definition) is 10. The molecule has 0 aromatic heterocycles. The van der Waals surface area contributed by atoms with Crippen LogP contribution in [0.2, 0.25) is 0 Å². The third kappa shape index (κ3) is 8.57. The number of nitrogens with zero attached hydrogens (tertiary/aromatic N) is 1. The quantitative estimate of drug-likeness (QED) is 0.257. The van der Waals surface area contributed by atoms with Gasteiger partial charge >= 0.3 is 24.0 Å². The monoisotopic (exact) mass is 712 g/mol. The fraction of sp³-hybridized carbons (Fsp3) is 0.452. The molecule has 2 aromatic carbocycles. The molecule has 0 bridgehead atoms. The van der Waals surface area contributed by atoms with Crippen molar-refractivity contribution in [2.45, 2.75) is 56.8 Å². The number of hydrogen-bond donors (Lipinski definition) is 1. The minimum absolute atomic E-state index is 0.00442. The molecule has 2 heterocycles. The molecule has 15 heteroatoms. The molecule has 1 N–H and O–H groups in total. The van der Waals surface area contributed by atoms with Gasteiger partial charge in [-0.2, -0.15) is 0 Å². The molecular formula is C31H35BrF2N2O10. The highest BCUT2D eigenvalue weighted by Gasteiger charge is 2.41. The fourth-order valence-electron chi connectivity index (χ4n) is 4.85. The molecule has 1 fully saturated rings. The summed E-state index contributed by atoms with van der Waals surface area (Å²) in [6.07, 6.45) is -0.0994. The van der Waals surface area contributed by atoms with Crippen LogP contribution in [0.1, 0.15) is 79.8 Å². The molecule has 1 saturated heterocycles. The van der Waals surface area contributed by atoms with E-state index in [-0.39, 0.29) is 51.9 Å². The lowest BCUT2D eigenvalue weighted by molar-refractivity contribution is -0.00497. The standard InChI is InChI=1S/C20H25FN2O6.C11H10BrFO4/c1-20(2,3)29-19(26)22-15-5-6-28-10-16(15)23-9-13-12(17(23)24)7-11(8-14(13)21)18(25)27-4;1-16-10(14)6-3-7(11(15)17-2)8(5-12)9(13)4-6/h7-8,15-16H,5-6,9-10H2,1-4H3,(H,22,26);3-4H,5H2,1-2H3/t15-,16-;/m1./s1. The van der Waals surface area contributed by atoms with Crippen molar-refractivity contribution in [3.63, 3.8) is 0 Å². The van der Waals surface area contributed by atoms with Crippen molar-refractivity contribution in [3.05, 3.63) is 69.3 Å². The summed E-state index contributed by atoms with van der Waals surface area (Å²) < 4.78 is 52.6. The Bertz CT molecular complexity index is 1510. The summed E-state index contributed by atoms with van der Waals surface area (Å²) in [4.78, 5) is 61.1. The molecule has 0 radical (unpaired) electrons. The lowest BCUT2D eigenvalue weighted by atomic mass is 10.0. The normalized spacial score (nSPS) is 17.2. The number of nitrogens with one attached hydrogen (secondary N) is 1. The molecule has 2 aliphatic heterocycles. The molecule has 2 aliphatic rings. The van der Waals surface area contributed by atoms with E-state index in [1.807, 2.05) is 0 Å². The Kier molecular flexibility index (Phi) is 12.2. The van der Waals surface area contributed by atoms with Crippen LogP contribution in [0.25, 0.3) is 0 Å². The summed E-state index contributed by atoms with van der Waals surface area (Å²) in [6.45, 7) is 5.93. The third-order valence-electron chi connectivity index (χ3n) is 7.02. The van der Waals surface area contributed by atoms with Crippen LogP contribution in [0, 0.1) is 11.6 Å². The first kappa shape index (κ1) is 36.4. The van der Waals surface area contributed by atoms with Gasteiger partial charge in [0.15, 0.2) is 0 Å². The molecule has 12 nitrogen and oxygen atoms in total. The number of fused-ring (bicyclic) bond motifs is 1. The highest BCUT2D eigenvalue weighted by Crippen LogP contribution is 2.31. The van der Waals surface area contributed by atoms with E-state index >= 15 is 0 Å². The summed E-state index contributed by atoms with van der Waals surface area (Å²) in [5.74, 6) is -3.86. The van der Waals surface area contributed by atoms with E-state index in [1.165, 1.54) is 38.4 Å². The molecule has 0 spiro atoms. The van der Waals surface area contributed by atoms with Crippen molar-refractivity contribution in [1.82, 2.24) is 10.2 Å². The van der Waals surface area contributed by atoms with Gasteiger partial charge in [0.05, 0.1) is 63.3 Å². The van der Waals surface area contributed by atoms with Crippen molar-refractivity contribution < 1.29 is 56.4 Å². The first-order valence-electron chi connectivity index (χ1n) is 14.0. The average Bonchev–Trinajstić information content (AvgIpc) is 3.35. The summed E-state index contributed by atoms with van der Waals surface area (Å²) in [7, 11) is 3.55. The smallest absolute Gasteiger partial charge is 0.407 e. The van der Waals surface area contributed by atoms with E-state index in [4.69, 9.17) is 9.47 Å². The van der Waals surface area contributed by atoms with Gasteiger partial charge in [-0.3, -0.25) is 4.79 Å². The van der Waals surface area contributed by atoms with Gasteiger partial charge in [0.2, 0.25) is 0 Å². The highest BCUT2D eigenvalue weighted by atomic mass is 79.9. The second kappa shape index (κ2) is 15.5. The Morgan fingerprint density at radius 2 is 1.54 bits per heavy atom. The molecule has 2 atom stereocenters. The molecule has 0 unspecified atom stereocenters. The van der Waals surface area contributed by atoms with Crippen LogP contribution >= 0.6 is 15.9 Å². The number of ether oxygens (including phenoxy) is 5. The number of esters is 3. The number of carbonyl (C=O) groups excluding carboxylic acids is 5. The van der Waals surface area contributed by atoms with Gasteiger partial charge in [0.1, 0.15) is 17.2 Å². The van der Waals surface area contributed by atoms with E-state index < -0.39 is 59.2 Å². The summed E-state index contributed by atoms with van der Waals surface area (Å²) in [5.41, 5.74) is -0.236. The SMILES string of the molecule is COC(=O)c1cc(F)c(CBr)c(C(=O)OC)c1.COC(=O)c1cc(F)c2c(c1)C(=O)N([C@@H]1COCC[C@H]1NC(=O)OC(C)(C)C)C2. The van der Waals surface area contributed by atoms with E-state index in [0.29, 0.717) is 13.0 Å². The van der Waals surface area contributed by atoms with Gasteiger partial charge in [0.25, 0.3) is 5.91 Å². The number of benzene rings is 2. The largest absolute Gasteiger partial charge is 0.465 e. The lowest BCUT2D eigenvalue weighted by Crippen LogP contribution is -2.57. The molecule has 0 aliphatic carbocycles. The van der Waals surface area contributed by atoms with Crippen LogP contribution in [-0.4, -0.2) is 87.0 Å². The van der Waals surface area contributed by atoms with Crippen molar-refractivity contribution in [2.75, 3.05) is 34.5 Å². The van der Waals surface area contributed by atoms with Crippen molar-refractivity contribution >= 4 is 45.8 Å². The maximum absolute atomic E-state index is 14.5. The van der Waals surface area contributed by atoms with E-state index in [2.05, 4.69) is 35.5 Å².